The van der Waals surface area contributed by atoms with Gasteiger partial charge in [-0.1, -0.05) is 13.8 Å². The number of aromatic nitrogens is 1. The number of likely N-dealkylation sites (N-methyl/N-ethyl adjacent to an activating group) is 1. The number of hydrazone groups is 1. The molecule has 2 aromatic rings. The maximum atomic E-state index is 11.3. The van der Waals surface area contributed by atoms with E-state index < -0.39 is 5.91 Å². The summed E-state index contributed by atoms with van der Waals surface area (Å²) in [6.07, 6.45) is 0.818. The number of carbonyl (C=O) groups excluding carboxylic acids is 2. The van der Waals surface area contributed by atoms with Crippen LogP contribution in [0.3, 0.4) is 0 Å². The van der Waals surface area contributed by atoms with Crippen LogP contribution in [0.5, 0.6) is 0 Å². The average Bonchev–Trinajstić information content (AvgIpc) is 2.94. The zero-order valence-corrected chi connectivity index (χ0v) is 13.1. The van der Waals surface area contributed by atoms with E-state index in [-0.39, 0.29) is 12.5 Å². The standard InChI is InChI=1S/C14H18N4O2S/c1-9(2)13(16-17(3)7-12(15)20)18-11(8-19)6-10-4-5-21-14(10)18/h4-6,8-9H,7H2,1-3H3,(H2,15,20)/b16-13-. The van der Waals surface area contributed by atoms with Gasteiger partial charge in [0.15, 0.2) is 6.29 Å². The molecule has 0 aliphatic rings. The second-order valence-electron chi connectivity index (χ2n) is 5.10. The Labute approximate surface area is 126 Å². The summed E-state index contributed by atoms with van der Waals surface area (Å²) < 4.78 is 1.84. The van der Waals surface area contributed by atoms with Crippen molar-refractivity contribution < 1.29 is 9.59 Å². The number of hydrogen-bond donors (Lipinski definition) is 1. The molecule has 0 saturated carbocycles. The van der Waals surface area contributed by atoms with Crippen LogP contribution in [0.4, 0.5) is 0 Å². The van der Waals surface area contributed by atoms with Crippen molar-refractivity contribution in [2.75, 3.05) is 13.6 Å². The topological polar surface area (TPSA) is 80.7 Å². The van der Waals surface area contributed by atoms with Crippen LogP contribution >= 0.6 is 11.3 Å². The lowest BCUT2D eigenvalue weighted by molar-refractivity contribution is -0.118. The first kappa shape index (κ1) is 15.2. The Kier molecular flexibility index (Phi) is 4.42. The molecular weight excluding hydrogens is 288 g/mol. The highest BCUT2D eigenvalue weighted by Gasteiger charge is 2.18. The molecule has 7 heteroatoms. The highest BCUT2D eigenvalue weighted by Crippen LogP contribution is 2.26. The molecule has 21 heavy (non-hydrogen) atoms. The minimum absolute atomic E-state index is 0.0293. The molecule has 0 fully saturated rings. The number of amides is 1. The van der Waals surface area contributed by atoms with Crippen molar-refractivity contribution in [2.24, 2.45) is 16.8 Å². The van der Waals surface area contributed by atoms with Gasteiger partial charge in [0.2, 0.25) is 5.91 Å². The number of rotatable bonds is 5. The number of hydrogen-bond acceptors (Lipinski definition) is 5. The Bertz CT molecular complexity index is 699. The van der Waals surface area contributed by atoms with Gasteiger partial charge in [-0.25, -0.2) is 0 Å². The maximum Gasteiger partial charge on any atom is 0.238 e. The summed E-state index contributed by atoms with van der Waals surface area (Å²) in [5.41, 5.74) is 5.74. The van der Waals surface area contributed by atoms with Crippen LogP contribution in [-0.2, 0) is 4.79 Å². The molecule has 0 aliphatic heterocycles. The third-order valence-electron chi connectivity index (χ3n) is 2.96. The minimum Gasteiger partial charge on any atom is -0.368 e. The quantitative estimate of drug-likeness (QED) is 0.395. The normalized spacial score (nSPS) is 12.1. The highest BCUT2D eigenvalue weighted by molar-refractivity contribution is 7.17. The van der Waals surface area contributed by atoms with Crippen LogP contribution in [0.15, 0.2) is 22.6 Å². The Morgan fingerprint density at radius 1 is 1.57 bits per heavy atom. The first-order valence-corrected chi connectivity index (χ1v) is 7.44. The Balaban J connectivity index is 2.54. The van der Waals surface area contributed by atoms with Gasteiger partial charge in [-0.05, 0) is 17.5 Å². The molecule has 2 N–H and O–H groups in total. The van der Waals surface area contributed by atoms with E-state index in [1.54, 1.807) is 18.4 Å². The van der Waals surface area contributed by atoms with Crippen LogP contribution in [-0.4, -0.2) is 41.2 Å². The first-order chi connectivity index (χ1) is 9.93. The fourth-order valence-corrected chi connectivity index (χ4v) is 3.03. The van der Waals surface area contributed by atoms with Crippen molar-refractivity contribution in [1.29, 1.82) is 0 Å². The van der Waals surface area contributed by atoms with E-state index in [9.17, 15) is 9.59 Å². The van der Waals surface area contributed by atoms with E-state index in [1.165, 1.54) is 5.01 Å². The summed E-state index contributed by atoms with van der Waals surface area (Å²) in [4.78, 5) is 23.3. The number of nitrogens with zero attached hydrogens (tertiary/aromatic N) is 3. The molecule has 6 nitrogen and oxygen atoms in total. The van der Waals surface area contributed by atoms with Gasteiger partial charge in [0.25, 0.3) is 0 Å². The molecule has 2 heterocycles. The molecular formula is C14H18N4O2S. The summed E-state index contributed by atoms with van der Waals surface area (Å²) in [6.45, 7) is 4.01. The minimum atomic E-state index is -0.450. The van der Waals surface area contributed by atoms with Crippen LogP contribution in [0.25, 0.3) is 10.2 Å². The van der Waals surface area contributed by atoms with E-state index in [4.69, 9.17) is 5.73 Å². The molecule has 2 rings (SSSR count). The largest absolute Gasteiger partial charge is 0.368 e. The van der Waals surface area contributed by atoms with Crippen LogP contribution in [0, 0.1) is 5.92 Å². The Morgan fingerprint density at radius 2 is 2.29 bits per heavy atom. The summed E-state index contributed by atoms with van der Waals surface area (Å²) >= 11 is 1.55. The smallest absolute Gasteiger partial charge is 0.238 e. The van der Waals surface area contributed by atoms with Gasteiger partial charge in [0, 0.05) is 18.4 Å². The van der Waals surface area contributed by atoms with E-state index in [0.29, 0.717) is 11.5 Å². The highest BCUT2D eigenvalue weighted by atomic mass is 32.1. The fourth-order valence-electron chi connectivity index (χ4n) is 2.12. The zero-order chi connectivity index (χ0) is 15.6. The number of nitrogens with two attached hydrogens (primary N) is 1. The van der Waals surface area contributed by atoms with E-state index in [1.807, 2.05) is 35.9 Å². The lowest BCUT2D eigenvalue weighted by Crippen LogP contribution is -2.30. The summed E-state index contributed by atoms with van der Waals surface area (Å²) in [6, 6.07) is 3.80. The SMILES string of the molecule is CC(C)/C(=N/N(C)CC(N)=O)n1c(C=O)cc2ccsc21. The van der Waals surface area contributed by atoms with Gasteiger partial charge in [0.1, 0.15) is 17.2 Å². The van der Waals surface area contributed by atoms with Crippen LogP contribution in [0.2, 0.25) is 0 Å². The number of fused-ring (bicyclic) bond motifs is 1. The summed E-state index contributed by atoms with van der Waals surface area (Å²) in [5, 5.41) is 8.93. The predicted octanol–water partition coefficient (Wildman–Crippen LogP) is 1.75. The third kappa shape index (κ3) is 3.13. The average molecular weight is 306 g/mol. The molecule has 0 aliphatic carbocycles. The van der Waals surface area contributed by atoms with Crippen molar-refractivity contribution in [3.8, 4) is 0 Å². The molecule has 0 saturated heterocycles. The molecule has 0 spiro atoms. The van der Waals surface area contributed by atoms with Crippen molar-refractivity contribution in [1.82, 2.24) is 9.58 Å². The maximum absolute atomic E-state index is 11.3. The molecule has 1 amide bonds. The van der Waals surface area contributed by atoms with Gasteiger partial charge in [-0.3, -0.25) is 19.2 Å². The number of primary amides is 1. The molecule has 0 radical (unpaired) electrons. The number of aldehydes is 1. The van der Waals surface area contributed by atoms with Crippen molar-refractivity contribution in [3.05, 3.63) is 23.2 Å². The van der Waals surface area contributed by atoms with Crippen molar-refractivity contribution in [3.63, 3.8) is 0 Å². The Morgan fingerprint density at radius 3 is 2.86 bits per heavy atom. The number of carbonyl (C=O) groups is 2. The summed E-state index contributed by atoms with van der Waals surface area (Å²) in [5.74, 6) is 0.337. The monoisotopic (exact) mass is 306 g/mol. The lowest BCUT2D eigenvalue weighted by Gasteiger charge is -2.18. The lowest BCUT2D eigenvalue weighted by atomic mass is 10.2. The van der Waals surface area contributed by atoms with E-state index in [0.717, 1.165) is 16.5 Å². The van der Waals surface area contributed by atoms with Gasteiger partial charge in [-0.2, -0.15) is 5.10 Å². The molecule has 112 valence electrons. The van der Waals surface area contributed by atoms with Crippen LogP contribution < -0.4 is 5.73 Å². The van der Waals surface area contributed by atoms with E-state index >= 15 is 0 Å². The van der Waals surface area contributed by atoms with Crippen molar-refractivity contribution in [2.45, 2.75) is 13.8 Å². The van der Waals surface area contributed by atoms with Gasteiger partial charge in [-0.15, -0.1) is 11.3 Å². The molecule has 0 bridgehead atoms. The predicted molar refractivity (Wildman–Crippen MR) is 84.7 cm³/mol. The van der Waals surface area contributed by atoms with Gasteiger partial charge in [0.05, 0.1) is 5.69 Å². The fraction of sp³-hybridized carbons (Fsp3) is 0.357. The van der Waals surface area contributed by atoms with Crippen LogP contribution in [0.1, 0.15) is 24.3 Å². The van der Waals surface area contributed by atoms with E-state index in [2.05, 4.69) is 5.10 Å². The van der Waals surface area contributed by atoms with Crippen molar-refractivity contribution >= 4 is 39.6 Å². The third-order valence-corrected chi connectivity index (χ3v) is 3.88. The second-order valence-corrected chi connectivity index (χ2v) is 5.99. The van der Waals surface area contributed by atoms with Gasteiger partial charge >= 0.3 is 0 Å². The number of thiophene rings is 1. The molecule has 0 aromatic carbocycles. The molecule has 0 atom stereocenters. The zero-order valence-electron chi connectivity index (χ0n) is 12.2. The summed E-state index contributed by atoms with van der Waals surface area (Å²) in [7, 11) is 1.68. The Hall–Kier alpha value is -2.15. The molecule has 0 unspecified atom stereocenters. The first-order valence-electron chi connectivity index (χ1n) is 6.56. The van der Waals surface area contributed by atoms with Gasteiger partial charge < -0.3 is 5.73 Å². The second kappa shape index (κ2) is 6.09. The molecule has 2 aromatic heterocycles.